The lowest BCUT2D eigenvalue weighted by Gasteiger charge is -2.28. The molecule has 2 N–H and O–H groups in total. The van der Waals surface area contributed by atoms with Crippen LogP contribution in [0, 0.1) is 0 Å². The number of nitrogens with one attached hydrogen (secondary N) is 1. The smallest absolute Gasteiger partial charge is 0.257 e. The summed E-state index contributed by atoms with van der Waals surface area (Å²) in [6.07, 6.45) is 6.85. The summed E-state index contributed by atoms with van der Waals surface area (Å²) in [5.74, 6) is -0.0624. The van der Waals surface area contributed by atoms with Crippen molar-refractivity contribution in [3.8, 4) is 5.75 Å². The topological polar surface area (TPSA) is 82.5 Å². The zero-order chi connectivity index (χ0) is 28.1. The summed E-state index contributed by atoms with van der Waals surface area (Å²) in [6, 6.07) is 11.0. The summed E-state index contributed by atoms with van der Waals surface area (Å²) in [4.78, 5) is 31.7. The maximum Gasteiger partial charge on any atom is 0.257 e. The van der Waals surface area contributed by atoms with Crippen molar-refractivity contribution in [3.05, 3.63) is 76.3 Å². The SMILES string of the molecule is CCCCN(C(=O)/C=C/c1cc(C(C)(C)C)c(O)c(C(C)(C)C)c1)c1ccc(C(=O)Nc2nccs2)cc1. The van der Waals surface area contributed by atoms with Crippen molar-refractivity contribution in [3.63, 3.8) is 0 Å². The van der Waals surface area contributed by atoms with Gasteiger partial charge in [0.05, 0.1) is 0 Å². The van der Waals surface area contributed by atoms with Gasteiger partial charge in [-0.1, -0.05) is 54.9 Å². The highest BCUT2D eigenvalue weighted by molar-refractivity contribution is 7.13. The van der Waals surface area contributed by atoms with Gasteiger partial charge in [0.2, 0.25) is 0 Å². The Morgan fingerprint density at radius 2 is 1.63 bits per heavy atom. The van der Waals surface area contributed by atoms with Gasteiger partial charge in [0.25, 0.3) is 11.8 Å². The van der Waals surface area contributed by atoms with Crippen LogP contribution in [0.1, 0.15) is 88.4 Å². The minimum Gasteiger partial charge on any atom is -0.507 e. The van der Waals surface area contributed by atoms with Crippen LogP contribution >= 0.6 is 11.3 Å². The van der Waals surface area contributed by atoms with Crippen molar-refractivity contribution < 1.29 is 14.7 Å². The van der Waals surface area contributed by atoms with Gasteiger partial charge in [-0.2, -0.15) is 0 Å². The van der Waals surface area contributed by atoms with Gasteiger partial charge in [0, 0.05) is 46.6 Å². The molecule has 1 heterocycles. The van der Waals surface area contributed by atoms with E-state index in [2.05, 4.69) is 58.8 Å². The molecule has 2 amide bonds. The molecule has 3 rings (SSSR count). The highest BCUT2D eigenvalue weighted by Crippen LogP contribution is 2.40. The maximum absolute atomic E-state index is 13.4. The van der Waals surface area contributed by atoms with E-state index in [9.17, 15) is 14.7 Å². The first kappa shape index (κ1) is 29.1. The maximum atomic E-state index is 13.4. The minimum atomic E-state index is -0.251. The zero-order valence-corrected chi connectivity index (χ0v) is 24.3. The zero-order valence-electron chi connectivity index (χ0n) is 23.5. The van der Waals surface area contributed by atoms with Crippen LogP contribution in [-0.4, -0.2) is 28.4 Å². The molecule has 0 aliphatic carbocycles. The molecule has 0 aliphatic rings. The molecule has 0 fully saturated rings. The van der Waals surface area contributed by atoms with Crippen molar-refractivity contribution in [2.75, 3.05) is 16.8 Å². The number of rotatable bonds is 8. The Balaban J connectivity index is 1.87. The van der Waals surface area contributed by atoms with Crippen molar-refractivity contribution in [2.24, 2.45) is 0 Å². The van der Waals surface area contributed by atoms with E-state index in [-0.39, 0.29) is 22.6 Å². The normalized spacial score (nSPS) is 12.1. The second-order valence-electron chi connectivity index (χ2n) is 11.5. The van der Waals surface area contributed by atoms with Crippen molar-refractivity contribution in [2.45, 2.75) is 72.1 Å². The molecule has 202 valence electrons. The third-order valence-corrected chi connectivity index (χ3v) is 6.95. The van der Waals surface area contributed by atoms with Gasteiger partial charge in [-0.15, -0.1) is 11.3 Å². The number of hydrogen-bond acceptors (Lipinski definition) is 5. The quantitative estimate of drug-likeness (QED) is 0.293. The number of carbonyl (C=O) groups is 2. The molecule has 0 saturated heterocycles. The number of carbonyl (C=O) groups excluding carboxylic acids is 2. The van der Waals surface area contributed by atoms with Crippen molar-refractivity contribution in [1.82, 2.24) is 4.98 Å². The van der Waals surface area contributed by atoms with E-state index in [0.717, 1.165) is 35.2 Å². The van der Waals surface area contributed by atoms with E-state index >= 15 is 0 Å². The molecule has 38 heavy (non-hydrogen) atoms. The first-order valence-corrected chi connectivity index (χ1v) is 13.9. The number of hydrogen-bond donors (Lipinski definition) is 2. The summed E-state index contributed by atoms with van der Waals surface area (Å²) in [5, 5.41) is 16.1. The van der Waals surface area contributed by atoms with E-state index in [0.29, 0.717) is 23.0 Å². The predicted octanol–water partition coefficient (Wildman–Crippen LogP) is 7.54. The number of amides is 2. The molecule has 0 spiro atoms. The van der Waals surface area contributed by atoms with Gasteiger partial charge in [-0.05, 0) is 65.3 Å². The van der Waals surface area contributed by atoms with Crippen LogP contribution in [0.15, 0.2) is 54.1 Å². The van der Waals surface area contributed by atoms with Crippen LogP contribution in [0.25, 0.3) is 6.08 Å². The molecule has 1 aromatic heterocycles. The molecule has 2 aromatic carbocycles. The highest BCUT2D eigenvalue weighted by atomic mass is 32.1. The summed E-state index contributed by atoms with van der Waals surface area (Å²) in [5.41, 5.74) is 3.30. The predicted molar refractivity (Wildman–Crippen MR) is 158 cm³/mol. The number of nitrogens with zero attached hydrogens (tertiary/aromatic N) is 2. The van der Waals surface area contributed by atoms with Crippen LogP contribution < -0.4 is 10.2 Å². The lowest BCUT2D eigenvalue weighted by Crippen LogP contribution is -2.30. The van der Waals surface area contributed by atoms with Crippen LogP contribution in [0.4, 0.5) is 10.8 Å². The molecular formula is C31H39N3O3S. The first-order chi connectivity index (χ1) is 17.8. The first-order valence-electron chi connectivity index (χ1n) is 13.0. The Labute approximate surface area is 230 Å². The summed E-state index contributed by atoms with van der Waals surface area (Å²) >= 11 is 1.36. The van der Waals surface area contributed by atoms with Crippen LogP contribution in [0.2, 0.25) is 0 Å². The Kier molecular flexibility index (Phi) is 9.15. The average Bonchev–Trinajstić information content (AvgIpc) is 3.35. The number of aromatic nitrogens is 1. The third kappa shape index (κ3) is 7.32. The molecule has 0 bridgehead atoms. The third-order valence-electron chi connectivity index (χ3n) is 6.26. The lowest BCUT2D eigenvalue weighted by molar-refractivity contribution is -0.114. The lowest BCUT2D eigenvalue weighted by atomic mass is 9.78. The number of thiazole rings is 1. The Morgan fingerprint density at radius 1 is 1.03 bits per heavy atom. The number of aromatic hydroxyl groups is 1. The molecule has 7 heteroatoms. The fourth-order valence-electron chi connectivity index (χ4n) is 4.08. The van der Waals surface area contributed by atoms with Gasteiger partial charge in [0.1, 0.15) is 5.75 Å². The van der Waals surface area contributed by atoms with Crippen LogP contribution in [-0.2, 0) is 15.6 Å². The van der Waals surface area contributed by atoms with Crippen molar-refractivity contribution in [1.29, 1.82) is 0 Å². The largest absolute Gasteiger partial charge is 0.507 e. The van der Waals surface area contributed by atoms with Gasteiger partial charge in [-0.25, -0.2) is 4.98 Å². The summed E-state index contributed by atoms with van der Waals surface area (Å²) in [6.45, 7) is 15.1. The Hall–Kier alpha value is -3.45. The molecule has 0 saturated carbocycles. The van der Waals surface area contributed by atoms with Crippen LogP contribution in [0.3, 0.4) is 0 Å². The summed E-state index contributed by atoms with van der Waals surface area (Å²) < 4.78 is 0. The van der Waals surface area contributed by atoms with Gasteiger partial charge in [0.15, 0.2) is 5.13 Å². The fraction of sp³-hybridized carbons (Fsp3) is 0.387. The minimum absolute atomic E-state index is 0.138. The fourth-order valence-corrected chi connectivity index (χ4v) is 4.61. The van der Waals surface area contributed by atoms with Gasteiger partial charge in [-0.3, -0.25) is 14.9 Å². The number of anilines is 2. The van der Waals surface area contributed by atoms with Crippen LogP contribution in [0.5, 0.6) is 5.75 Å². The molecule has 0 atom stereocenters. The van der Waals surface area contributed by atoms with E-state index in [1.165, 1.54) is 11.3 Å². The second kappa shape index (κ2) is 11.9. The van der Waals surface area contributed by atoms with E-state index in [1.807, 2.05) is 18.2 Å². The van der Waals surface area contributed by atoms with E-state index in [1.54, 1.807) is 46.8 Å². The number of benzene rings is 2. The Morgan fingerprint density at radius 3 is 2.13 bits per heavy atom. The van der Waals surface area contributed by atoms with Crippen molar-refractivity contribution >= 4 is 40.0 Å². The molecule has 6 nitrogen and oxygen atoms in total. The number of unbranched alkanes of at least 4 members (excludes halogenated alkanes) is 1. The Bertz CT molecular complexity index is 1250. The molecule has 0 unspecified atom stereocenters. The van der Waals surface area contributed by atoms with E-state index < -0.39 is 0 Å². The summed E-state index contributed by atoms with van der Waals surface area (Å²) in [7, 11) is 0. The van der Waals surface area contributed by atoms with E-state index in [4.69, 9.17) is 0 Å². The highest BCUT2D eigenvalue weighted by Gasteiger charge is 2.26. The standard InChI is InChI=1S/C31H39N3O3S/c1-8-9-17-34(23-13-11-22(12-14-23)28(37)33-29-32-16-18-38-29)26(35)15-10-21-19-24(30(2,3)4)27(36)25(20-21)31(5,6)7/h10-16,18-20,36H,8-9,17H2,1-7H3,(H,32,33,37)/b15-10+. The average molecular weight is 534 g/mol. The molecular weight excluding hydrogens is 494 g/mol. The molecule has 3 aromatic rings. The monoisotopic (exact) mass is 533 g/mol. The second-order valence-corrected chi connectivity index (χ2v) is 12.4. The number of phenols is 1. The molecule has 0 aliphatic heterocycles. The van der Waals surface area contributed by atoms with Gasteiger partial charge >= 0.3 is 0 Å². The number of phenolic OH excluding ortho intramolecular Hbond substituents is 1. The van der Waals surface area contributed by atoms with Gasteiger partial charge < -0.3 is 10.0 Å². The molecule has 0 radical (unpaired) electrons.